The van der Waals surface area contributed by atoms with Gasteiger partial charge in [-0.05, 0) is 86.3 Å². The largest absolute Gasteiger partial charge is 0.393 e. The minimum Gasteiger partial charge on any atom is -0.393 e. The zero-order valence-electron chi connectivity index (χ0n) is 17.7. The molecule has 1 N–H and O–H groups in total. The van der Waals surface area contributed by atoms with Crippen molar-refractivity contribution < 1.29 is 9.50 Å². The molecule has 0 radical (unpaired) electrons. The molecule has 2 aromatic carbocycles. The summed E-state index contributed by atoms with van der Waals surface area (Å²) in [6, 6.07) is 11.9. The molecule has 158 valence electrons. The molecule has 0 aromatic heterocycles. The van der Waals surface area contributed by atoms with Crippen molar-refractivity contribution in [2.75, 3.05) is 19.6 Å². The van der Waals surface area contributed by atoms with E-state index in [-0.39, 0.29) is 11.9 Å². The molecule has 2 aliphatic heterocycles. The third-order valence-corrected chi connectivity index (χ3v) is 8.12. The van der Waals surface area contributed by atoms with E-state index in [1.807, 2.05) is 6.07 Å². The van der Waals surface area contributed by atoms with Crippen LogP contribution in [0.2, 0.25) is 0 Å². The van der Waals surface area contributed by atoms with E-state index >= 15 is 0 Å². The molecule has 0 atom stereocenters. The van der Waals surface area contributed by atoms with Crippen molar-refractivity contribution in [3.8, 4) is 0 Å². The summed E-state index contributed by atoms with van der Waals surface area (Å²) in [5.74, 6) is 0.578. The minimum absolute atomic E-state index is 0.0726. The number of nitrogens with zero attached hydrogens (tertiary/aromatic N) is 1. The number of fused-ring (bicyclic) bond motifs is 2. The van der Waals surface area contributed by atoms with Gasteiger partial charge in [0.25, 0.3) is 0 Å². The van der Waals surface area contributed by atoms with Gasteiger partial charge in [-0.15, -0.1) is 0 Å². The quantitative estimate of drug-likeness (QED) is 0.543. The van der Waals surface area contributed by atoms with Crippen LogP contribution in [0.3, 0.4) is 0 Å². The summed E-state index contributed by atoms with van der Waals surface area (Å²) in [7, 11) is 0. The third-order valence-electron chi connectivity index (χ3n) is 6.98. The predicted octanol–water partition coefficient (Wildman–Crippen LogP) is 6.05. The van der Waals surface area contributed by atoms with Crippen molar-refractivity contribution in [1.82, 2.24) is 4.90 Å². The van der Waals surface area contributed by atoms with Crippen LogP contribution in [0.25, 0.3) is 5.57 Å². The Morgan fingerprint density at radius 2 is 1.73 bits per heavy atom. The Hall–Kier alpha value is -1.62. The van der Waals surface area contributed by atoms with E-state index in [4.69, 9.17) is 0 Å². The number of aliphatic hydroxyl groups is 1. The van der Waals surface area contributed by atoms with Crippen molar-refractivity contribution in [3.63, 3.8) is 0 Å². The summed E-state index contributed by atoms with van der Waals surface area (Å²) >= 11 is 1.69. The summed E-state index contributed by atoms with van der Waals surface area (Å²) in [5, 5.41) is 9.76. The maximum absolute atomic E-state index is 14.0. The van der Waals surface area contributed by atoms with E-state index in [2.05, 4.69) is 30.0 Å². The summed E-state index contributed by atoms with van der Waals surface area (Å²) < 4.78 is 14.0. The molecule has 1 saturated heterocycles. The van der Waals surface area contributed by atoms with Crippen molar-refractivity contribution in [2.45, 2.75) is 61.3 Å². The molecular formula is C26H30FNOS. The Bertz CT molecular complexity index is 967. The normalized spacial score (nSPS) is 24.5. The summed E-state index contributed by atoms with van der Waals surface area (Å²) in [6.07, 6.45) is 6.35. The Kier molecular flexibility index (Phi) is 5.74. The lowest BCUT2D eigenvalue weighted by Crippen LogP contribution is -2.36. The second-order valence-electron chi connectivity index (χ2n) is 9.20. The van der Waals surface area contributed by atoms with E-state index in [9.17, 15) is 9.50 Å². The van der Waals surface area contributed by atoms with Gasteiger partial charge in [-0.1, -0.05) is 41.1 Å². The number of likely N-dealkylation sites (tertiary alicyclic amines) is 1. The van der Waals surface area contributed by atoms with Crippen molar-refractivity contribution in [3.05, 3.63) is 64.5 Å². The average Bonchev–Trinajstić information content (AvgIpc) is 2.74. The Morgan fingerprint density at radius 1 is 0.967 bits per heavy atom. The molecule has 0 bridgehead atoms. The van der Waals surface area contributed by atoms with Gasteiger partial charge in [0.15, 0.2) is 0 Å². The number of benzene rings is 2. The lowest BCUT2D eigenvalue weighted by Gasteiger charge is -2.35. The second kappa shape index (κ2) is 8.49. The Morgan fingerprint density at radius 3 is 2.50 bits per heavy atom. The zero-order chi connectivity index (χ0) is 20.7. The molecule has 2 heterocycles. The van der Waals surface area contributed by atoms with Crippen LogP contribution in [-0.2, 0) is 0 Å². The maximum atomic E-state index is 14.0. The van der Waals surface area contributed by atoms with Gasteiger partial charge in [0.1, 0.15) is 5.82 Å². The van der Waals surface area contributed by atoms with Crippen LogP contribution < -0.4 is 0 Å². The van der Waals surface area contributed by atoms with Gasteiger partial charge in [-0.3, -0.25) is 0 Å². The van der Waals surface area contributed by atoms with Crippen molar-refractivity contribution >= 4 is 17.3 Å². The highest BCUT2D eigenvalue weighted by Gasteiger charge is 2.28. The van der Waals surface area contributed by atoms with E-state index in [0.29, 0.717) is 0 Å². The molecule has 5 rings (SSSR count). The first-order valence-corrected chi connectivity index (χ1v) is 12.1. The lowest BCUT2D eigenvalue weighted by molar-refractivity contribution is 0.0923. The van der Waals surface area contributed by atoms with Crippen LogP contribution >= 0.6 is 11.8 Å². The number of hydrogen-bond donors (Lipinski definition) is 1. The highest BCUT2D eigenvalue weighted by molar-refractivity contribution is 7.99. The first-order chi connectivity index (χ1) is 14.6. The third kappa shape index (κ3) is 4.10. The number of halogens is 1. The highest BCUT2D eigenvalue weighted by Crippen LogP contribution is 2.48. The monoisotopic (exact) mass is 423 g/mol. The Balaban J connectivity index is 1.40. The molecule has 2 fully saturated rings. The van der Waals surface area contributed by atoms with Crippen molar-refractivity contribution in [1.29, 1.82) is 0 Å². The van der Waals surface area contributed by atoms with E-state index < -0.39 is 0 Å². The number of rotatable bonds is 2. The van der Waals surface area contributed by atoms with Gasteiger partial charge in [0, 0.05) is 29.4 Å². The predicted molar refractivity (Wildman–Crippen MR) is 121 cm³/mol. The molecule has 1 aliphatic carbocycles. The number of aryl methyl sites for hydroxylation is 1. The zero-order valence-corrected chi connectivity index (χ0v) is 18.5. The molecule has 4 heteroatoms. The highest BCUT2D eigenvalue weighted by atomic mass is 32.2. The second-order valence-corrected chi connectivity index (χ2v) is 10.3. The van der Waals surface area contributed by atoms with Crippen molar-refractivity contribution in [2.24, 2.45) is 5.92 Å². The number of piperidine rings is 1. The minimum atomic E-state index is -0.159. The SMILES string of the molecule is Cc1ccc2c(c1)C(=C1CCN(C[C@H]3CC[C@H](O)CC3)CC1)c1ccc(F)cc1S2. The maximum Gasteiger partial charge on any atom is 0.124 e. The summed E-state index contributed by atoms with van der Waals surface area (Å²) in [6.45, 7) is 5.52. The number of aliphatic hydroxyl groups excluding tert-OH is 1. The van der Waals surface area contributed by atoms with E-state index in [0.717, 1.165) is 62.4 Å². The van der Waals surface area contributed by atoms with Gasteiger partial charge in [-0.25, -0.2) is 4.39 Å². The average molecular weight is 424 g/mol. The standard InChI is InChI=1S/C26H30FNOS/c1-17-2-9-24-23(14-17)26(22-8-5-20(27)15-25(22)30-24)19-10-12-28(13-11-19)16-18-3-6-21(29)7-4-18/h2,5,8-9,14-15,18,21,29H,3-4,6-7,10-13,16H2,1H3/t18-,21-. The molecule has 0 spiro atoms. The van der Waals surface area contributed by atoms with E-state index in [1.54, 1.807) is 23.9 Å². The fourth-order valence-corrected chi connectivity index (χ4v) is 6.40. The molecule has 30 heavy (non-hydrogen) atoms. The van der Waals surface area contributed by atoms with Gasteiger partial charge in [-0.2, -0.15) is 0 Å². The smallest absolute Gasteiger partial charge is 0.124 e. The van der Waals surface area contributed by atoms with Crippen LogP contribution in [0.15, 0.2) is 51.8 Å². The fourth-order valence-electron chi connectivity index (χ4n) is 5.31. The van der Waals surface area contributed by atoms with Crippen LogP contribution in [0, 0.1) is 18.7 Å². The van der Waals surface area contributed by atoms with Crippen LogP contribution in [0.1, 0.15) is 55.2 Å². The van der Waals surface area contributed by atoms with Crippen LogP contribution in [0.5, 0.6) is 0 Å². The summed E-state index contributed by atoms with van der Waals surface area (Å²) in [5.41, 5.74) is 6.66. The molecule has 2 nitrogen and oxygen atoms in total. The molecule has 0 unspecified atom stereocenters. The molecule has 2 aromatic rings. The van der Waals surface area contributed by atoms with Crippen LogP contribution in [-0.4, -0.2) is 35.7 Å². The first-order valence-electron chi connectivity index (χ1n) is 11.3. The van der Waals surface area contributed by atoms with Gasteiger partial charge < -0.3 is 10.0 Å². The Labute approximate surface area is 183 Å². The molecular weight excluding hydrogens is 393 g/mol. The van der Waals surface area contributed by atoms with Crippen LogP contribution in [0.4, 0.5) is 4.39 Å². The van der Waals surface area contributed by atoms with Gasteiger partial charge in [0.05, 0.1) is 6.10 Å². The van der Waals surface area contributed by atoms with E-state index in [1.165, 1.54) is 39.3 Å². The number of hydrogen-bond acceptors (Lipinski definition) is 3. The molecule has 1 saturated carbocycles. The topological polar surface area (TPSA) is 23.5 Å². The van der Waals surface area contributed by atoms with Gasteiger partial charge >= 0.3 is 0 Å². The summed E-state index contributed by atoms with van der Waals surface area (Å²) in [4.78, 5) is 4.90. The fraction of sp³-hybridized carbons (Fsp3) is 0.462. The first kappa shape index (κ1) is 20.3. The molecule has 0 amide bonds. The van der Waals surface area contributed by atoms with Gasteiger partial charge in [0.2, 0.25) is 0 Å². The molecule has 3 aliphatic rings. The lowest BCUT2D eigenvalue weighted by atomic mass is 9.85.